The number of aliphatic hydroxyl groups is 1. The zero-order valence-electron chi connectivity index (χ0n) is 11.0. The molecular weight excluding hydrogens is 265 g/mol. The van der Waals surface area contributed by atoms with Gasteiger partial charge in [0.2, 0.25) is 0 Å². The summed E-state index contributed by atoms with van der Waals surface area (Å²) in [5, 5.41) is 11.8. The Hall–Kier alpha value is -1.07. The van der Waals surface area contributed by atoms with Crippen LogP contribution in [0.2, 0.25) is 0 Å². The van der Waals surface area contributed by atoms with E-state index in [0.717, 1.165) is 12.8 Å². The number of benzene rings is 1. The Morgan fingerprint density at radius 3 is 2.79 bits per heavy atom. The van der Waals surface area contributed by atoms with Crippen molar-refractivity contribution in [3.63, 3.8) is 0 Å². The van der Waals surface area contributed by atoms with Crippen LogP contribution in [0.1, 0.15) is 36.5 Å². The number of rotatable bonds is 7. The SMILES string of the molecule is CCCC(CCO)CNC(=O)c1ccc(F)c(S)c1. The molecule has 1 rings (SSSR count). The Kier molecular flexibility index (Phi) is 6.87. The maximum absolute atomic E-state index is 13.0. The molecule has 1 amide bonds. The van der Waals surface area contributed by atoms with Crippen LogP contribution >= 0.6 is 12.6 Å². The molecule has 1 aromatic rings. The summed E-state index contributed by atoms with van der Waals surface area (Å²) in [6, 6.07) is 4.08. The highest BCUT2D eigenvalue weighted by atomic mass is 32.1. The van der Waals surface area contributed by atoms with Crippen LogP contribution in [0, 0.1) is 11.7 Å². The number of amides is 1. The summed E-state index contributed by atoms with van der Waals surface area (Å²) < 4.78 is 13.0. The smallest absolute Gasteiger partial charge is 0.251 e. The van der Waals surface area contributed by atoms with E-state index in [1.807, 2.05) is 0 Å². The number of carbonyl (C=O) groups excluding carboxylic acids is 1. The van der Waals surface area contributed by atoms with Gasteiger partial charge in [-0.3, -0.25) is 4.79 Å². The molecule has 106 valence electrons. The van der Waals surface area contributed by atoms with Crippen molar-refractivity contribution in [1.29, 1.82) is 0 Å². The van der Waals surface area contributed by atoms with Gasteiger partial charge in [0, 0.05) is 23.6 Å². The summed E-state index contributed by atoms with van der Waals surface area (Å²) in [6.07, 6.45) is 2.65. The molecule has 5 heteroatoms. The second-order valence-electron chi connectivity index (χ2n) is 4.54. The Morgan fingerprint density at radius 2 is 2.21 bits per heavy atom. The predicted octanol–water partition coefficient (Wildman–Crippen LogP) is 2.64. The van der Waals surface area contributed by atoms with Gasteiger partial charge in [0.1, 0.15) is 5.82 Å². The average molecular weight is 285 g/mol. The van der Waals surface area contributed by atoms with E-state index in [2.05, 4.69) is 24.9 Å². The summed E-state index contributed by atoms with van der Waals surface area (Å²) in [5.74, 6) is -0.409. The van der Waals surface area contributed by atoms with Crippen molar-refractivity contribution in [3.05, 3.63) is 29.6 Å². The van der Waals surface area contributed by atoms with Gasteiger partial charge >= 0.3 is 0 Å². The minimum atomic E-state index is -0.441. The number of halogens is 1. The normalized spacial score (nSPS) is 12.2. The molecule has 0 spiro atoms. The largest absolute Gasteiger partial charge is 0.396 e. The lowest BCUT2D eigenvalue weighted by Gasteiger charge is -2.15. The zero-order chi connectivity index (χ0) is 14.3. The predicted molar refractivity (Wildman–Crippen MR) is 76.1 cm³/mol. The van der Waals surface area contributed by atoms with E-state index in [0.29, 0.717) is 18.5 Å². The second kappa shape index (κ2) is 8.17. The van der Waals surface area contributed by atoms with Gasteiger partial charge < -0.3 is 10.4 Å². The topological polar surface area (TPSA) is 49.3 Å². The highest BCUT2D eigenvalue weighted by Crippen LogP contribution is 2.15. The third-order valence-corrected chi connectivity index (χ3v) is 3.34. The van der Waals surface area contributed by atoms with Gasteiger partial charge in [-0.05, 0) is 37.0 Å². The van der Waals surface area contributed by atoms with Gasteiger partial charge in [0.05, 0.1) is 0 Å². The zero-order valence-corrected chi connectivity index (χ0v) is 11.9. The molecule has 0 radical (unpaired) electrons. The molecule has 0 aromatic heterocycles. The third kappa shape index (κ3) is 5.20. The fraction of sp³-hybridized carbons (Fsp3) is 0.500. The highest BCUT2D eigenvalue weighted by molar-refractivity contribution is 7.80. The molecule has 2 N–H and O–H groups in total. The van der Waals surface area contributed by atoms with Crippen LogP contribution in [-0.4, -0.2) is 24.2 Å². The van der Waals surface area contributed by atoms with Gasteiger partial charge in [0.25, 0.3) is 5.91 Å². The first-order chi connectivity index (χ1) is 9.08. The van der Waals surface area contributed by atoms with Crippen molar-refractivity contribution < 1.29 is 14.3 Å². The number of hydrogen-bond donors (Lipinski definition) is 3. The molecule has 0 saturated carbocycles. The number of thiol groups is 1. The van der Waals surface area contributed by atoms with Gasteiger partial charge in [-0.15, -0.1) is 12.6 Å². The van der Waals surface area contributed by atoms with Crippen molar-refractivity contribution in [2.24, 2.45) is 5.92 Å². The van der Waals surface area contributed by atoms with Gasteiger partial charge in [0.15, 0.2) is 0 Å². The Labute approximate surface area is 118 Å². The number of carbonyl (C=O) groups is 1. The molecular formula is C14H20FNO2S. The van der Waals surface area contributed by atoms with E-state index in [1.165, 1.54) is 18.2 Å². The molecule has 3 nitrogen and oxygen atoms in total. The maximum Gasteiger partial charge on any atom is 0.251 e. The third-order valence-electron chi connectivity index (χ3n) is 2.99. The molecule has 0 fully saturated rings. The van der Waals surface area contributed by atoms with E-state index < -0.39 is 5.82 Å². The standard InChI is InChI=1S/C14H20FNO2S/c1-2-3-10(6-7-17)9-16-14(18)11-4-5-12(15)13(19)8-11/h4-5,8,10,17,19H,2-3,6-7,9H2,1H3,(H,16,18). The fourth-order valence-corrected chi connectivity index (χ4v) is 2.15. The van der Waals surface area contributed by atoms with E-state index in [1.54, 1.807) is 0 Å². The van der Waals surface area contributed by atoms with Crippen molar-refractivity contribution >= 4 is 18.5 Å². The second-order valence-corrected chi connectivity index (χ2v) is 5.03. The average Bonchev–Trinajstić information content (AvgIpc) is 2.39. The summed E-state index contributed by atoms with van der Waals surface area (Å²) >= 11 is 3.95. The van der Waals surface area contributed by atoms with E-state index in [9.17, 15) is 9.18 Å². The fourth-order valence-electron chi connectivity index (χ4n) is 1.93. The first kappa shape index (κ1) is 16.0. The van der Waals surface area contributed by atoms with Gasteiger partial charge in [-0.25, -0.2) is 4.39 Å². The Bertz CT molecular complexity index is 420. The Morgan fingerprint density at radius 1 is 1.47 bits per heavy atom. The minimum Gasteiger partial charge on any atom is -0.396 e. The van der Waals surface area contributed by atoms with Crippen LogP contribution < -0.4 is 5.32 Å². The van der Waals surface area contributed by atoms with Crippen LogP contribution in [-0.2, 0) is 0 Å². The van der Waals surface area contributed by atoms with Gasteiger partial charge in [-0.1, -0.05) is 13.3 Å². The lowest BCUT2D eigenvalue weighted by atomic mass is 10.00. The molecule has 1 aromatic carbocycles. The molecule has 0 bridgehead atoms. The minimum absolute atomic E-state index is 0.123. The quantitative estimate of drug-likeness (QED) is 0.675. The summed E-state index contributed by atoms with van der Waals surface area (Å²) in [7, 11) is 0. The molecule has 1 atom stereocenters. The molecule has 0 aliphatic rings. The summed E-state index contributed by atoms with van der Waals surface area (Å²) in [6.45, 7) is 2.71. The molecule has 0 saturated heterocycles. The monoisotopic (exact) mass is 285 g/mol. The van der Waals surface area contributed by atoms with Crippen molar-refractivity contribution in [1.82, 2.24) is 5.32 Å². The number of hydrogen-bond acceptors (Lipinski definition) is 3. The van der Waals surface area contributed by atoms with Crippen molar-refractivity contribution in [2.75, 3.05) is 13.2 Å². The van der Waals surface area contributed by atoms with Crippen LogP contribution in [0.25, 0.3) is 0 Å². The molecule has 1 unspecified atom stereocenters. The highest BCUT2D eigenvalue weighted by Gasteiger charge is 2.11. The van der Waals surface area contributed by atoms with Crippen LogP contribution in [0.4, 0.5) is 4.39 Å². The van der Waals surface area contributed by atoms with E-state index >= 15 is 0 Å². The Balaban J connectivity index is 2.56. The summed E-state index contributed by atoms with van der Waals surface area (Å²) in [5.41, 5.74) is 0.394. The number of aliphatic hydroxyl groups excluding tert-OH is 1. The first-order valence-corrected chi connectivity index (χ1v) is 6.90. The lowest BCUT2D eigenvalue weighted by molar-refractivity contribution is 0.0942. The first-order valence-electron chi connectivity index (χ1n) is 6.46. The van der Waals surface area contributed by atoms with E-state index in [4.69, 9.17) is 5.11 Å². The molecule has 0 aliphatic heterocycles. The van der Waals surface area contributed by atoms with Crippen LogP contribution in [0.3, 0.4) is 0 Å². The molecule has 19 heavy (non-hydrogen) atoms. The van der Waals surface area contributed by atoms with E-state index in [-0.39, 0.29) is 23.3 Å². The van der Waals surface area contributed by atoms with Crippen LogP contribution in [0.5, 0.6) is 0 Å². The summed E-state index contributed by atoms with van der Waals surface area (Å²) in [4.78, 5) is 12.1. The molecule has 0 aliphatic carbocycles. The van der Waals surface area contributed by atoms with Crippen molar-refractivity contribution in [3.8, 4) is 0 Å². The van der Waals surface area contributed by atoms with Gasteiger partial charge in [-0.2, -0.15) is 0 Å². The van der Waals surface area contributed by atoms with Crippen molar-refractivity contribution in [2.45, 2.75) is 31.1 Å². The maximum atomic E-state index is 13.0. The molecule has 0 heterocycles. The lowest BCUT2D eigenvalue weighted by Crippen LogP contribution is -2.29. The number of nitrogens with one attached hydrogen (secondary N) is 1. The van der Waals surface area contributed by atoms with Crippen LogP contribution in [0.15, 0.2) is 23.1 Å².